The van der Waals surface area contributed by atoms with Crippen LogP contribution in [0, 0.1) is 5.92 Å². The predicted octanol–water partition coefficient (Wildman–Crippen LogP) is 4.05. The minimum atomic E-state index is 0.273. The van der Waals surface area contributed by atoms with Crippen LogP contribution in [0.5, 0.6) is 0 Å². The molecule has 0 bridgehead atoms. The van der Waals surface area contributed by atoms with Crippen LogP contribution in [0.4, 0.5) is 0 Å². The molecule has 88 valence electrons. The van der Waals surface area contributed by atoms with Crippen molar-refractivity contribution in [2.24, 2.45) is 5.92 Å². The van der Waals surface area contributed by atoms with Gasteiger partial charge in [-0.25, -0.2) is 0 Å². The largest absolute Gasteiger partial charge is 0.466 e. The lowest BCUT2D eigenvalue weighted by Gasteiger charge is -2.20. The van der Waals surface area contributed by atoms with Crippen molar-refractivity contribution in [3.63, 3.8) is 0 Å². The van der Waals surface area contributed by atoms with E-state index < -0.39 is 0 Å². The van der Waals surface area contributed by atoms with Crippen LogP contribution in [-0.2, 0) is 0 Å². The molecule has 1 N–H and O–H groups in total. The summed E-state index contributed by atoms with van der Waals surface area (Å²) in [6, 6.07) is 2.21. The molecule has 1 aliphatic carbocycles. The van der Waals surface area contributed by atoms with Crippen LogP contribution >= 0.6 is 15.9 Å². The third-order valence-corrected chi connectivity index (χ3v) is 3.78. The molecule has 2 unspecified atom stereocenters. The average Bonchev–Trinajstić information content (AvgIpc) is 2.74. The molecule has 1 heterocycles. The molecule has 2 rings (SSSR count). The average molecular weight is 284 g/mol. The van der Waals surface area contributed by atoms with Crippen LogP contribution in [0.3, 0.4) is 0 Å². The molecular weight excluding hydrogens is 266 g/mol. The second-order valence-corrected chi connectivity index (χ2v) is 5.27. The third kappa shape index (κ3) is 2.98. The predicted molar refractivity (Wildman–Crippen MR) is 69.3 cm³/mol. The second kappa shape index (κ2) is 5.69. The molecule has 16 heavy (non-hydrogen) atoms. The van der Waals surface area contributed by atoms with Crippen molar-refractivity contribution in [3.05, 3.63) is 34.7 Å². The fraction of sp³-hybridized carbons (Fsp3) is 0.538. The number of nitrogens with one attached hydrogen (secondary N) is 1. The first-order chi connectivity index (χ1) is 7.77. The fourth-order valence-corrected chi connectivity index (χ4v) is 2.64. The summed E-state index contributed by atoms with van der Waals surface area (Å²) >= 11 is 3.49. The van der Waals surface area contributed by atoms with Crippen molar-refractivity contribution in [1.29, 1.82) is 0 Å². The zero-order valence-electron chi connectivity index (χ0n) is 9.58. The van der Waals surface area contributed by atoms with Crippen LogP contribution in [0.1, 0.15) is 38.0 Å². The van der Waals surface area contributed by atoms with E-state index in [-0.39, 0.29) is 6.04 Å². The number of hydrogen-bond acceptors (Lipinski definition) is 2. The van der Waals surface area contributed by atoms with Crippen molar-refractivity contribution in [2.45, 2.75) is 32.2 Å². The van der Waals surface area contributed by atoms with Crippen LogP contribution in [-0.4, -0.2) is 6.54 Å². The standard InChI is InChI=1S/C13H18BrNO/c1-10(13-12(14)7-8-16-13)15-9-11-5-3-2-4-6-11/h2-3,7-8,10-11,15H,4-6,9H2,1H3. The molecule has 2 nitrogen and oxygen atoms in total. The van der Waals surface area contributed by atoms with Crippen molar-refractivity contribution in [2.75, 3.05) is 6.54 Å². The minimum absolute atomic E-state index is 0.273. The Morgan fingerprint density at radius 3 is 3.06 bits per heavy atom. The summed E-state index contributed by atoms with van der Waals surface area (Å²) in [4.78, 5) is 0. The fourth-order valence-electron chi connectivity index (χ4n) is 2.09. The van der Waals surface area contributed by atoms with Crippen LogP contribution < -0.4 is 5.32 Å². The molecule has 0 fully saturated rings. The normalized spacial score (nSPS) is 22.2. The SMILES string of the molecule is CC(NCC1CC=CCC1)c1occc1Br. The van der Waals surface area contributed by atoms with Gasteiger partial charge in [0, 0.05) is 0 Å². The number of furan rings is 1. The van der Waals surface area contributed by atoms with Gasteiger partial charge in [0.2, 0.25) is 0 Å². The minimum Gasteiger partial charge on any atom is -0.466 e. The molecule has 2 atom stereocenters. The van der Waals surface area contributed by atoms with E-state index in [4.69, 9.17) is 4.42 Å². The van der Waals surface area contributed by atoms with Gasteiger partial charge in [0.15, 0.2) is 0 Å². The van der Waals surface area contributed by atoms with E-state index in [2.05, 4.69) is 40.3 Å². The van der Waals surface area contributed by atoms with Gasteiger partial charge in [0.25, 0.3) is 0 Å². The molecule has 0 aliphatic heterocycles. The molecule has 0 aromatic carbocycles. The molecule has 0 spiro atoms. The maximum atomic E-state index is 5.44. The van der Waals surface area contributed by atoms with E-state index in [1.54, 1.807) is 6.26 Å². The molecule has 1 aliphatic rings. The zero-order chi connectivity index (χ0) is 11.4. The van der Waals surface area contributed by atoms with Gasteiger partial charge in [-0.3, -0.25) is 0 Å². The summed E-state index contributed by atoms with van der Waals surface area (Å²) in [5.74, 6) is 1.77. The second-order valence-electron chi connectivity index (χ2n) is 4.41. The molecule has 1 aromatic rings. The van der Waals surface area contributed by atoms with Gasteiger partial charge < -0.3 is 9.73 Å². The van der Waals surface area contributed by atoms with Gasteiger partial charge in [0.05, 0.1) is 16.8 Å². The highest BCUT2D eigenvalue weighted by Gasteiger charge is 2.15. The number of halogens is 1. The Hall–Kier alpha value is -0.540. The van der Waals surface area contributed by atoms with Crippen molar-refractivity contribution in [1.82, 2.24) is 5.32 Å². The summed E-state index contributed by atoms with van der Waals surface area (Å²) in [7, 11) is 0. The summed E-state index contributed by atoms with van der Waals surface area (Å²) < 4.78 is 6.49. The lowest BCUT2D eigenvalue weighted by molar-refractivity contribution is 0.378. The van der Waals surface area contributed by atoms with Crippen LogP contribution in [0.15, 0.2) is 33.4 Å². The van der Waals surface area contributed by atoms with E-state index in [1.807, 2.05) is 6.07 Å². The van der Waals surface area contributed by atoms with Crippen molar-refractivity contribution >= 4 is 15.9 Å². The van der Waals surface area contributed by atoms with Crippen LogP contribution in [0.25, 0.3) is 0 Å². The number of hydrogen-bond donors (Lipinski definition) is 1. The van der Waals surface area contributed by atoms with E-state index >= 15 is 0 Å². The molecule has 0 radical (unpaired) electrons. The first kappa shape index (κ1) is 11.9. The van der Waals surface area contributed by atoms with Crippen LogP contribution in [0.2, 0.25) is 0 Å². The molecule has 0 saturated carbocycles. The van der Waals surface area contributed by atoms with E-state index in [1.165, 1.54) is 19.3 Å². The summed E-state index contributed by atoms with van der Waals surface area (Å²) in [5.41, 5.74) is 0. The van der Waals surface area contributed by atoms with Crippen molar-refractivity contribution < 1.29 is 4.42 Å². The lowest BCUT2D eigenvalue weighted by atomic mass is 9.94. The maximum absolute atomic E-state index is 5.44. The van der Waals surface area contributed by atoms with Gasteiger partial charge in [-0.05, 0) is 60.6 Å². The Morgan fingerprint density at radius 2 is 2.44 bits per heavy atom. The van der Waals surface area contributed by atoms with Gasteiger partial charge in [-0.2, -0.15) is 0 Å². The Kier molecular flexibility index (Phi) is 4.24. The Bertz CT molecular complexity index is 359. The Labute approximate surface area is 105 Å². The van der Waals surface area contributed by atoms with Gasteiger partial charge in [-0.15, -0.1) is 0 Å². The van der Waals surface area contributed by atoms with Gasteiger partial charge >= 0.3 is 0 Å². The highest BCUT2D eigenvalue weighted by molar-refractivity contribution is 9.10. The lowest BCUT2D eigenvalue weighted by Crippen LogP contribution is -2.26. The first-order valence-corrected chi connectivity index (χ1v) is 6.68. The zero-order valence-corrected chi connectivity index (χ0v) is 11.2. The topological polar surface area (TPSA) is 25.2 Å². The van der Waals surface area contributed by atoms with Crippen molar-refractivity contribution in [3.8, 4) is 0 Å². The van der Waals surface area contributed by atoms with E-state index in [9.17, 15) is 0 Å². The molecule has 0 saturated heterocycles. The van der Waals surface area contributed by atoms with Gasteiger partial charge in [-0.1, -0.05) is 12.2 Å². The maximum Gasteiger partial charge on any atom is 0.134 e. The Morgan fingerprint density at radius 1 is 1.56 bits per heavy atom. The summed E-state index contributed by atoms with van der Waals surface area (Å²) in [6.45, 7) is 3.21. The third-order valence-electron chi connectivity index (χ3n) is 3.13. The quantitative estimate of drug-likeness (QED) is 0.844. The molecular formula is C13H18BrNO. The number of allylic oxidation sites excluding steroid dienone is 2. The van der Waals surface area contributed by atoms with E-state index in [0.717, 1.165) is 22.7 Å². The summed E-state index contributed by atoms with van der Waals surface area (Å²) in [5, 5.41) is 3.54. The molecule has 1 aromatic heterocycles. The smallest absolute Gasteiger partial charge is 0.134 e. The van der Waals surface area contributed by atoms with Gasteiger partial charge in [0.1, 0.15) is 5.76 Å². The monoisotopic (exact) mass is 283 g/mol. The first-order valence-electron chi connectivity index (χ1n) is 5.88. The molecule has 0 amide bonds. The molecule has 3 heteroatoms. The van der Waals surface area contributed by atoms with E-state index in [0.29, 0.717) is 0 Å². The highest BCUT2D eigenvalue weighted by atomic mass is 79.9. The summed E-state index contributed by atoms with van der Waals surface area (Å²) in [6.07, 6.45) is 10.0. The highest BCUT2D eigenvalue weighted by Crippen LogP contribution is 2.25. The Balaban J connectivity index is 1.81. The number of rotatable bonds is 4.